The van der Waals surface area contributed by atoms with Gasteiger partial charge < -0.3 is 4.74 Å². The van der Waals surface area contributed by atoms with Gasteiger partial charge in [0.05, 0.1) is 7.11 Å². The van der Waals surface area contributed by atoms with Crippen LogP contribution in [0.1, 0.15) is 12.8 Å². The van der Waals surface area contributed by atoms with Crippen LogP contribution in [0.2, 0.25) is 0 Å². The van der Waals surface area contributed by atoms with Gasteiger partial charge in [-0.2, -0.15) is 11.8 Å². The molecule has 14 heavy (non-hydrogen) atoms. The smallest absolute Gasteiger partial charge is 0.323 e. The van der Waals surface area contributed by atoms with Crippen LogP contribution in [-0.2, 0) is 9.53 Å². The standard InChI is InChI=1S/C10H17NO2S/c1-13-10(12)9-2-4-11(9)6-8-3-5-14-7-8/h8-9H,2-7H2,1H3. The van der Waals surface area contributed by atoms with Crippen molar-refractivity contribution in [3.05, 3.63) is 0 Å². The van der Waals surface area contributed by atoms with Gasteiger partial charge in [-0.15, -0.1) is 0 Å². The Balaban J connectivity index is 1.78. The van der Waals surface area contributed by atoms with Crippen molar-refractivity contribution in [1.29, 1.82) is 0 Å². The molecule has 2 saturated heterocycles. The van der Waals surface area contributed by atoms with Crippen LogP contribution in [0.15, 0.2) is 0 Å². The SMILES string of the molecule is COC(=O)C1CCN1CC1CCSC1. The number of thioether (sulfide) groups is 1. The quantitative estimate of drug-likeness (QED) is 0.657. The van der Waals surface area contributed by atoms with Crippen molar-refractivity contribution in [3.63, 3.8) is 0 Å². The van der Waals surface area contributed by atoms with Crippen molar-refractivity contribution in [2.45, 2.75) is 18.9 Å². The number of esters is 1. The van der Waals surface area contributed by atoms with E-state index in [-0.39, 0.29) is 12.0 Å². The van der Waals surface area contributed by atoms with E-state index in [1.807, 2.05) is 11.8 Å². The first-order valence-corrected chi connectivity index (χ1v) is 6.36. The van der Waals surface area contributed by atoms with E-state index in [0.29, 0.717) is 0 Å². The maximum Gasteiger partial charge on any atom is 0.323 e. The minimum atomic E-state index is -0.0538. The van der Waals surface area contributed by atoms with Crippen molar-refractivity contribution in [2.75, 3.05) is 31.7 Å². The molecule has 2 unspecified atom stereocenters. The molecule has 2 rings (SSSR count). The fourth-order valence-corrected chi connectivity index (χ4v) is 3.39. The lowest BCUT2D eigenvalue weighted by atomic mass is 9.99. The molecular weight excluding hydrogens is 198 g/mol. The Bertz CT molecular complexity index is 216. The molecule has 2 fully saturated rings. The molecule has 0 N–H and O–H groups in total. The first-order chi connectivity index (χ1) is 6.81. The molecule has 2 aliphatic rings. The van der Waals surface area contributed by atoms with Crippen molar-refractivity contribution >= 4 is 17.7 Å². The van der Waals surface area contributed by atoms with Crippen LogP contribution in [0.5, 0.6) is 0 Å². The number of rotatable bonds is 3. The number of carbonyl (C=O) groups excluding carboxylic acids is 1. The summed E-state index contributed by atoms with van der Waals surface area (Å²) < 4.78 is 4.76. The third-order valence-corrected chi connectivity index (χ3v) is 4.35. The number of ether oxygens (including phenoxy) is 1. The molecule has 2 atom stereocenters. The molecule has 0 spiro atoms. The molecule has 0 saturated carbocycles. The van der Waals surface area contributed by atoms with Crippen LogP contribution in [-0.4, -0.2) is 48.6 Å². The van der Waals surface area contributed by atoms with Gasteiger partial charge in [-0.05, 0) is 30.3 Å². The maximum absolute atomic E-state index is 11.3. The van der Waals surface area contributed by atoms with Gasteiger partial charge in [0.25, 0.3) is 0 Å². The summed E-state index contributed by atoms with van der Waals surface area (Å²) in [6.45, 7) is 2.16. The molecule has 0 aromatic heterocycles. The van der Waals surface area contributed by atoms with E-state index in [2.05, 4.69) is 4.90 Å². The summed E-state index contributed by atoms with van der Waals surface area (Å²) in [5.74, 6) is 3.31. The van der Waals surface area contributed by atoms with Gasteiger partial charge in [-0.1, -0.05) is 0 Å². The number of carbonyl (C=O) groups is 1. The first-order valence-electron chi connectivity index (χ1n) is 5.21. The summed E-state index contributed by atoms with van der Waals surface area (Å²) >= 11 is 2.03. The molecule has 2 heterocycles. The second kappa shape index (κ2) is 4.53. The van der Waals surface area contributed by atoms with Crippen molar-refractivity contribution in [1.82, 2.24) is 4.90 Å². The van der Waals surface area contributed by atoms with Crippen LogP contribution in [0.3, 0.4) is 0 Å². The van der Waals surface area contributed by atoms with Crippen molar-refractivity contribution < 1.29 is 9.53 Å². The molecule has 80 valence electrons. The van der Waals surface area contributed by atoms with E-state index in [1.165, 1.54) is 25.0 Å². The van der Waals surface area contributed by atoms with Gasteiger partial charge in [-0.3, -0.25) is 9.69 Å². The van der Waals surface area contributed by atoms with E-state index >= 15 is 0 Å². The highest BCUT2D eigenvalue weighted by molar-refractivity contribution is 7.99. The van der Waals surface area contributed by atoms with Crippen molar-refractivity contribution in [3.8, 4) is 0 Å². The molecule has 4 heteroatoms. The molecule has 0 aromatic rings. The predicted molar refractivity (Wildman–Crippen MR) is 57.4 cm³/mol. The van der Waals surface area contributed by atoms with Gasteiger partial charge in [0.1, 0.15) is 6.04 Å². The second-order valence-corrected chi connectivity index (χ2v) is 5.20. The molecule has 0 aliphatic carbocycles. The summed E-state index contributed by atoms with van der Waals surface area (Å²) in [5, 5.41) is 0. The summed E-state index contributed by atoms with van der Waals surface area (Å²) in [4.78, 5) is 13.6. The second-order valence-electron chi connectivity index (χ2n) is 4.05. The van der Waals surface area contributed by atoms with Gasteiger partial charge >= 0.3 is 5.97 Å². The third-order valence-electron chi connectivity index (χ3n) is 3.12. The highest BCUT2D eigenvalue weighted by atomic mass is 32.2. The van der Waals surface area contributed by atoms with Gasteiger partial charge in [0.15, 0.2) is 0 Å². The Morgan fingerprint density at radius 3 is 2.93 bits per heavy atom. The summed E-state index contributed by atoms with van der Waals surface area (Å²) in [6.07, 6.45) is 2.29. The molecule has 0 bridgehead atoms. The lowest BCUT2D eigenvalue weighted by Gasteiger charge is -2.40. The largest absolute Gasteiger partial charge is 0.468 e. The fraction of sp³-hybridized carbons (Fsp3) is 0.900. The molecule has 0 aromatic carbocycles. The molecule has 0 amide bonds. The van der Waals surface area contributed by atoms with E-state index in [4.69, 9.17) is 4.74 Å². The highest BCUT2D eigenvalue weighted by Crippen LogP contribution is 2.28. The number of hydrogen-bond acceptors (Lipinski definition) is 4. The van der Waals surface area contributed by atoms with Crippen LogP contribution in [0.4, 0.5) is 0 Å². The Labute approximate surface area is 89.2 Å². The van der Waals surface area contributed by atoms with E-state index in [1.54, 1.807) is 0 Å². The Morgan fingerprint density at radius 2 is 2.43 bits per heavy atom. The number of hydrogen-bond donors (Lipinski definition) is 0. The molecule has 0 radical (unpaired) electrons. The summed E-state index contributed by atoms with van der Waals surface area (Å²) in [5.41, 5.74) is 0. The average molecular weight is 215 g/mol. The Hall–Kier alpha value is -0.220. The predicted octanol–water partition coefficient (Wildman–Crippen LogP) is 0.987. The number of methoxy groups -OCH3 is 1. The average Bonchev–Trinajstić information content (AvgIpc) is 2.64. The molecule has 2 aliphatic heterocycles. The lowest BCUT2D eigenvalue weighted by molar-refractivity contribution is -0.152. The first kappa shape index (κ1) is 10.3. The number of likely N-dealkylation sites (tertiary alicyclic amines) is 1. The van der Waals surface area contributed by atoms with Gasteiger partial charge in [0.2, 0.25) is 0 Å². The van der Waals surface area contributed by atoms with Gasteiger partial charge in [-0.25, -0.2) is 0 Å². The van der Waals surface area contributed by atoms with Crippen molar-refractivity contribution in [2.24, 2.45) is 5.92 Å². The van der Waals surface area contributed by atoms with Crippen LogP contribution in [0, 0.1) is 5.92 Å². The lowest BCUT2D eigenvalue weighted by Crippen LogP contribution is -2.54. The molecule has 3 nitrogen and oxygen atoms in total. The maximum atomic E-state index is 11.3. The zero-order chi connectivity index (χ0) is 9.97. The zero-order valence-corrected chi connectivity index (χ0v) is 9.39. The van der Waals surface area contributed by atoms with E-state index in [9.17, 15) is 4.79 Å². The Kier molecular flexibility index (Phi) is 3.34. The third kappa shape index (κ3) is 2.06. The molecular formula is C10H17NO2S. The van der Waals surface area contributed by atoms with Crippen LogP contribution >= 0.6 is 11.8 Å². The Morgan fingerprint density at radius 1 is 1.57 bits per heavy atom. The summed E-state index contributed by atoms with van der Waals surface area (Å²) in [6, 6.07) is 0.0607. The summed E-state index contributed by atoms with van der Waals surface area (Å²) in [7, 11) is 1.48. The van der Waals surface area contributed by atoms with E-state index in [0.717, 1.165) is 25.4 Å². The van der Waals surface area contributed by atoms with Crippen LogP contribution in [0.25, 0.3) is 0 Å². The number of nitrogens with zero attached hydrogens (tertiary/aromatic N) is 1. The minimum Gasteiger partial charge on any atom is -0.468 e. The minimum absolute atomic E-state index is 0.0538. The van der Waals surface area contributed by atoms with E-state index < -0.39 is 0 Å². The highest BCUT2D eigenvalue weighted by Gasteiger charge is 2.36. The zero-order valence-electron chi connectivity index (χ0n) is 8.57. The monoisotopic (exact) mass is 215 g/mol. The van der Waals surface area contributed by atoms with Crippen LogP contribution < -0.4 is 0 Å². The van der Waals surface area contributed by atoms with Gasteiger partial charge in [0, 0.05) is 13.1 Å². The normalized spacial score (nSPS) is 32.6. The topological polar surface area (TPSA) is 29.5 Å². The fourth-order valence-electron chi connectivity index (χ4n) is 2.12.